The molecule has 0 saturated carbocycles. The van der Waals surface area contributed by atoms with Crippen LogP contribution in [0.15, 0.2) is 48.8 Å². The molecular weight excluding hydrogens is 346 g/mol. The monoisotopic (exact) mass is 363 g/mol. The zero-order valence-electron chi connectivity index (χ0n) is 14.5. The van der Waals surface area contributed by atoms with E-state index in [1.54, 1.807) is 36.7 Å². The Morgan fingerprint density at radius 1 is 1.07 bits per heavy atom. The number of aryl methyl sites for hydroxylation is 1. The van der Waals surface area contributed by atoms with E-state index in [0.29, 0.717) is 35.2 Å². The fourth-order valence-corrected chi connectivity index (χ4v) is 2.98. The molecule has 7 nitrogen and oxygen atoms in total. The number of anilines is 1. The topological polar surface area (TPSA) is 90.4 Å². The number of rotatable bonds is 5. The number of benzene rings is 2. The van der Waals surface area contributed by atoms with E-state index in [1.807, 2.05) is 12.1 Å². The average Bonchev–Trinajstić information content (AvgIpc) is 2.70. The summed E-state index contributed by atoms with van der Waals surface area (Å²) in [7, 11) is 0. The number of fused-ring (bicyclic) bond motifs is 2. The summed E-state index contributed by atoms with van der Waals surface area (Å²) < 4.78 is 11.0. The Labute approximate surface area is 155 Å². The summed E-state index contributed by atoms with van der Waals surface area (Å²) in [5, 5.41) is 2.83. The Bertz CT molecular complexity index is 1010. The van der Waals surface area contributed by atoms with Gasteiger partial charge in [0.15, 0.2) is 0 Å². The standard InChI is InChI=1S/C20H17N3O4/c24-18-7-4-13-12-14(5-6-16(13)23-18)26-10-11-27-20(25)15-2-1-3-17-19(15)22-9-8-21-17/h1-3,5-6,8-9,12H,4,7,10-11H2,(H,23,24). The van der Waals surface area contributed by atoms with Crippen LogP contribution in [0.4, 0.5) is 5.69 Å². The maximum absolute atomic E-state index is 12.3. The van der Waals surface area contributed by atoms with Crippen molar-refractivity contribution in [3.63, 3.8) is 0 Å². The van der Waals surface area contributed by atoms with E-state index in [4.69, 9.17) is 9.47 Å². The second kappa shape index (κ2) is 7.41. The predicted molar refractivity (Wildman–Crippen MR) is 98.7 cm³/mol. The van der Waals surface area contributed by atoms with Gasteiger partial charge in [-0.2, -0.15) is 0 Å². The van der Waals surface area contributed by atoms with E-state index in [2.05, 4.69) is 15.3 Å². The molecule has 0 saturated heterocycles. The molecule has 7 heteroatoms. The lowest BCUT2D eigenvalue weighted by molar-refractivity contribution is -0.116. The van der Waals surface area contributed by atoms with Crippen LogP contribution >= 0.6 is 0 Å². The second-order valence-electron chi connectivity index (χ2n) is 6.08. The van der Waals surface area contributed by atoms with Gasteiger partial charge in [-0.3, -0.25) is 14.8 Å². The number of nitrogens with one attached hydrogen (secondary N) is 1. The first-order valence-electron chi connectivity index (χ1n) is 8.63. The second-order valence-corrected chi connectivity index (χ2v) is 6.08. The summed E-state index contributed by atoms with van der Waals surface area (Å²) in [6.45, 7) is 0.344. The maximum atomic E-state index is 12.3. The zero-order chi connectivity index (χ0) is 18.6. The van der Waals surface area contributed by atoms with E-state index >= 15 is 0 Å². The minimum Gasteiger partial charge on any atom is -0.490 e. The number of hydrogen-bond acceptors (Lipinski definition) is 6. The largest absolute Gasteiger partial charge is 0.490 e. The van der Waals surface area contributed by atoms with E-state index in [1.165, 1.54) is 0 Å². The van der Waals surface area contributed by atoms with Crippen molar-refractivity contribution in [3.8, 4) is 5.75 Å². The SMILES string of the molecule is O=C1CCc2cc(OCCOC(=O)c3cccc4nccnc34)ccc2N1. The highest BCUT2D eigenvalue weighted by atomic mass is 16.6. The lowest BCUT2D eigenvalue weighted by atomic mass is 10.0. The summed E-state index contributed by atoms with van der Waals surface area (Å²) in [5.41, 5.74) is 3.40. The van der Waals surface area contributed by atoms with Gasteiger partial charge in [0.05, 0.1) is 11.1 Å². The third kappa shape index (κ3) is 3.72. The molecule has 1 amide bonds. The number of carbonyl (C=O) groups excluding carboxylic acids is 2. The van der Waals surface area contributed by atoms with Gasteiger partial charge in [0.1, 0.15) is 24.5 Å². The van der Waals surface area contributed by atoms with E-state index in [9.17, 15) is 9.59 Å². The van der Waals surface area contributed by atoms with Gasteiger partial charge in [0.25, 0.3) is 0 Å². The third-order valence-corrected chi connectivity index (χ3v) is 4.28. The smallest absolute Gasteiger partial charge is 0.340 e. The Balaban J connectivity index is 1.34. The fraction of sp³-hybridized carbons (Fsp3) is 0.200. The highest BCUT2D eigenvalue weighted by Gasteiger charge is 2.15. The Morgan fingerprint density at radius 3 is 2.89 bits per heavy atom. The molecule has 0 spiro atoms. The first-order chi connectivity index (χ1) is 13.2. The molecule has 1 N–H and O–H groups in total. The molecule has 0 atom stereocenters. The normalized spacial score (nSPS) is 13.0. The van der Waals surface area contributed by atoms with Gasteiger partial charge in [-0.05, 0) is 42.3 Å². The predicted octanol–water partition coefficient (Wildman–Crippen LogP) is 2.75. The molecule has 1 aliphatic rings. The average molecular weight is 363 g/mol. The van der Waals surface area contributed by atoms with Gasteiger partial charge in [0.2, 0.25) is 5.91 Å². The van der Waals surface area contributed by atoms with Gasteiger partial charge in [0, 0.05) is 24.5 Å². The number of aromatic nitrogens is 2. The molecule has 27 heavy (non-hydrogen) atoms. The van der Waals surface area contributed by atoms with E-state index in [-0.39, 0.29) is 19.1 Å². The Morgan fingerprint density at radius 2 is 1.96 bits per heavy atom. The lowest BCUT2D eigenvalue weighted by Crippen LogP contribution is -2.19. The summed E-state index contributed by atoms with van der Waals surface area (Å²) >= 11 is 0. The van der Waals surface area contributed by atoms with E-state index < -0.39 is 5.97 Å². The third-order valence-electron chi connectivity index (χ3n) is 4.28. The summed E-state index contributed by atoms with van der Waals surface area (Å²) in [5.74, 6) is 0.246. The van der Waals surface area contributed by atoms with Crippen molar-refractivity contribution in [1.82, 2.24) is 9.97 Å². The Hall–Kier alpha value is -3.48. The van der Waals surface area contributed by atoms with Crippen LogP contribution in [0.3, 0.4) is 0 Å². The summed E-state index contributed by atoms with van der Waals surface area (Å²) in [6.07, 6.45) is 4.29. The number of amides is 1. The van der Waals surface area contributed by atoms with Crippen molar-refractivity contribution in [2.24, 2.45) is 0 Å². The van der Waals surface area contributed by atoms with Crippen LogP contribution in [0, 0.1) is 0 Å². The maximum Gasteiger partial charge on any atom is 0.340 e. The van der Waals surface area contributed by atoms with Gasteiger partial charge in [-0.25, -0.2) is 4.79 Å². The molecule has 1 aliphatic heterocycles. The molecule has 0 unspecified atom stereocenters. The minimum atomic E-state index is -0.460. The number of carbonyl (C=O) groups is 2. The zero-order valence-corrected chi connectivity index (χ0v) is 14.5. The summed E-state index contributed by atoms with van der Waals surface area (Å²) in [6, 6.07) is 10.7. The van der Waals surface area contributed by atoms with Crippen molar-refractivity contribution in [3.05, 3.63) is 59.9 Å². The van der Waals surface area contributed by atoms with Gasteiger partial charge in [-0.15, -0.1) is 0 Å². The van der Waals surface area contributed by atoms with Crippen LogP contribution in [-0.4, -0.2) is 35.1 Å². The molecule has 1 aromatic heterocycles. The first kappa shape index (κ1) is 17.0. The number of para-hydroxylation sites is 1. The highest BCUT2D eigenvalue weighted by molar-refractivity contribution is 6.01. The van der Waals surface area contributed by atoms with Gasteiger partial charge >= 0.3 is 5.97 Å². The van der Waals surface area contributed by atoms with Crippen molar-refractivity contribution < 1.29 is 19.1 Å². The molecule has 3 aromatic rings. The first-order valence-corrected chi connectivity index (χ1v) is 8.63. The number of ether oxygens (including phenoxy) is 2. The Kier molecular flexibility index (Phi) is 4.65. The molecule has 0 fully saturated rings. The molecule has 0 aliphatic carbocycles. The summed E-state index contributed by atoms with van der Waals surface area (Å²) in [4.78, 5) is 32.1. The van der Waals surface area contributed by atoms with Crippen LogP contribution in [-0.2, 0) is 16.0 Å². The van der Waals surface area contributed by atoms with Crippen molar-refractivity contribution in [2.45, 2.75) is 12.8 Å². The lowest BCUT2D eigenvalue weighted by Gasteiger charge is -2.17. The van der Waals surface area contributed by atoms with Crippen LogP contribution in [0.2, 0.25) is 0 Å². The highest BCUT2D eigenvalue weighted by Crippen LogP contribution is 2.26. The molecule has 136 valence electrons. The molecule has 2 aromatic carbocycles. The minimum absolute atomic E-state index is 0.0289. The number of esters is 1. The van der Waals surface area contributed by atoms with Crippen LogP contribution < -0.4 is 10.1 Å². The molecule has 0 bridgehead atoms. The number of nitrogens with zero attached hydrogens (tertiary/aromatic N) is 2. The van der Waals surface area contributed by atoms with Crippen molar-refractivity contribution >= 4 is 28.6 Å². The van der Waals surface area contributed by atoms with Crippen LogP contribution in [0.25, 0.3) is 11.0 Å². The van der Waals surface area contributed by atoms with Crippen molar-refractivity contribution in [1.29, 1.82) is 0 Å². The molecule has 0 radical (unpaired) electrons. The van der Waals surface area contributed by atoms with Crippen LogP contribution in [0.5, 0.6) is 5.75 Å². The van der Waals surface area contributed by atoms with Gasteiger partial charge in [-0.1, -0.05) is 6.07 Å². The van der Waals surface area contributed by atoms with Crippen LogP contribution in [0.1, 0.15) is 22.3 Å². The number of hydrogen-bond donors (Lipinski definition) is 1. The molecular formula is C20H17N3O4. The van der Waals surface area contributed by atoms with Gasteiger partial charge < -0.3 is 14.8 Å². The van der Waals surface area contributed by atoms with E-state index in [0.717, 1.165) is 11.3 Å². The van der Waals surface area contributed by atoms with Crippen molar-refractivity contribution in [2.75, 3.05) is 18.5 Å². The quantitative estimate of drug-likeness (QED) is 0.554. The molecule has 2 heterocycles. The fourth-order valence-electron chi connectivity index (χ4n) is 2.98. The molecule has 4 rings (SSSR count).